The Bertz CT molecular complexity index is 637. The lowest BCUT2D eigenvalue weighted by Crippen LogP contribution is -2.65. The molecule has 0 saturated heterocycles. The highest BCUT2D eigenvalue weighted by molar-refractivity contribution is 5.74. The molecule has 7 heteroatoms. The van der Waals surface area contributed by atoms with Gasteiger partial charge < -0.3 is 19.5 Å². The number of carbonyl (C=O) groups is 1. The van der Waals surface area contributed by atoms with Gasteiger partial charge in [0.25, 0.3) is 0 Å². The van der Waals surface area contributed by atoms with E-state index in [0.29, 0.717) is 12.6 Å². The minimum atomic E-state index is -0.0124. The Balaban J connectivity index is 1.37. The van der Waals surface area contributed by atoms with Crippen LogP contribution in [0.5, 0.6) is 0 Å². The van der Waals surface area contributed by atoms with Gasteiger partial charge in [-0.2, -0.15) is 0 Å². The van der Waals surface area contributed by atoms with Crippen LogP contribution in [0.15, 0.2) is 0 Å². The van der Waals surface area contributed by atoms with Gasteiger partial charge in [-0.05, 0) is 32.6 Å². The fourth-order valence-corrected chi connectivity index (χ4v) is 5.16. The van der Waals surface area contributed by atoms with Crippen LogP contribution in [0.1, 0.15) is 57.1 Å². The maximum absolute atomic E-state index is 12.7. The van der Waals surface area contributed by atoms with E-state index >= 15 is 0 Å². The second kappa shape index (κ2) is 6.59. The molecule has 2 fully saturated rings. The summed E-state index contributed by atoms with van der Waals surface area (Å²) in [6.45, 7) is 4.23. The number of hydrogen-bond donors (Lipinski definition) is 1. The van der Waals surface area contributed by atoms with Gasteiger partial charge in [0, 0.05) is 38.1 Å². The second-order valence-electron chi connectivity index (χ2n) is 7.69. The Morgan fingerprint density at radius 1 is 1.36 bits per heavy atom. The number of ether oxygens (including phenoxy) is 1. The van der Waals surface area contributed by atoms with Crippen molar-refractivity contribution in [2.45, 2.75) is 77.1 Å². The van der Waals surface area contributed by atoms with Crippen LogP contribution in [0, 0.1) is 5.41 Å². The number of nitrogens with zero attached hydrogens (tertiary/aromatic N) is 4. The van der Waals surface area contributed by atoms with Crippen molar-refractivity contribution in [3.8, 4) is 0 Å². The molecule has 0 bridgehead atoms. The fourth-order valence-electron chi connectivity index (χ4n) is 5.16. The maximum atomic E-state index is 12.7. The van der Waals surface area contributed by atoms with Gasteiger partial charge in [-0.25, -0.2) is 4.79 Å². The van der Waals surface area contributed by atoms with E-state index in [1.54, 1.807) is 0 Å². The number of amides is 2. The molecule has 2 heterocycles. The third-order valence-corrected chi connectivity index (χ3v) is 6.52. The average molecular weight is 347 g/mol. The molecule has 0 unspecified atom stereocenters. The SMILES string of the molecule is CCO[C@H]1C[C@H](N(C)C(=O)NCc2nnc3n2CCC3)C12CCCC2. The van der Waals surface area contributed by atoms with Crippen molar-refractivity contribution in [3.05, 3.63) is 11.6 Å². The molecule has 25 heavy (non-hydrogen) atoms. The number of aromatic nitrogens is 3. The van der Waals surface area contributed by atoms with Crippen molar-refractivity contribution in [2.75, 3.05) is 13.7 Å². The quantitative estimate of drug-likeness (QED) is 0.885. The van der Waals surface area contributed by atoms with Gasteiger partial charge in [0.2, 0.25) is 0 Å². The normalized spacial score (nSPS) is 26.5. The minimum Gasteiger partial charge on any atom is -0.378 e. The van der Waals surface area contributed by atoms with Crippen LogP contribution in [0.2, 0.25) is 0 Å². The van der Waals surface area contributed by atoms with Gasteiger partial charge in [0.05, 0.1) is 12.6 Å². The number of nitrogens with one attached hydrogen (secondary N) is 1. The zero-order chi connectivity index (χ0) is 17.4. The highest BCUT2D eigenvalue weighted by Gasteiger charge is 2.58. The largest absolute Gasteiger partial charge is 0.378 e. The predicted octanol–water partition coefficient (Wildman–Crippen LogP) is 2.10. The monoisotopic (exact) mass is 347 g/mol. The number of urea groups is 1. The molecule has 1 aromatic heterocycles. The molecule has 0 radical (unpaired) electrons. The zero-order valence-electron chi connectivity index (χ0n) is 15.3. The lowest BCUT2D eigenvalue weighted by Gasteiger charge is -2.56. The average Bonchev–Trinajstić information content (AvgIpc) is 3.33. The van der Waals surface area contributed by atoms with Gasteiger partial charge in [-0.15, -0.1) is 10.2 Å². The van der Waals surface area contributed by atoms with Gasteiger partial charge in [0.1, 0.15) is 5.82 Å². The van der Waals surface area contributed by atoms with E-state index in [2.05, 4.69) is 27.0 Å². The molecule has 1 aliphatic heterocycles. The molecule has 2 saturated carbocycles. The third kappa shape index (κ3) is 2.72. The van der Waals surface area contributed by atoms with Crippen molar-refractivity contribution < 1.29 is 9.53 Å². The molecule has 2 amide bonds. The third-order valence-electron chi connectivity index (χ3n) is 6.52. The van der Waals surface area contributed by atoms with E-state index in [1.165, 1.54) is 25.7 Å². The first-order valence-electron chi connectivity index (χ1n) is 9.69. The molecule has 2 atom stereocenters. The molecular formula is C18H29N5O2. The van der Waals surface area contributed by atoms with Crippen LogP contribution in [0.25, 0.3) is 0 Å². The van der Waals surface area contributed by atoms with E-state index in [9.17, 15) is 4.79 Å². The summed E-state index contributed by atoms with van der Waals surface area (Å²) >= 11 is 0. The van der Waals surface area contributed by atoms with Gasteiger partial charge in [0.15, 0.2) is 5.82 Å². The first kappa shape index (κ1) is 16.8. The summed E-state index contributed by atoms with van der Waals surface area (Å²) in [6, 6.07) is 0.275. The molecule has 2 aliphatic carbocycles. The van der Waals surface area contributed by atoms with Crippen molar-refractivity contribution in [1.29, 1.82) is 0 Å². The van der Waals surface area contributed by atoms with Crippen LogP contribution >= 0.6 is 0 Å². The van der Waals surface area contributed by atoms with Gasteiger partial charge in [-0.1, -0.05) is 12.8 Å². The first-order valence-corrected chi connectivity index (χ1v) is 9.69. The standard InChI is InChI=1S/C18H29N5O2/c1-3-25-14-11-13(18(14)8-4-5-9-18)22(2)17(24)19-12-16-21-20-15-7-6-10-23(15)16/h13-14H,3-12H2,1-2H3,(H,19,24)/t13-,14-/m0/s1. The Morgan fingerprint density at radius 2 is 2.16 bits per heavy atom. The van der Waals surface area contributed by atoms with Crippen molar-refractivity contribution in [2.24, 2.45) is 5.41 Å². The number of carbonyl (C=O) groups excluding carboxylic acids is 1. The van der Waals surface area contributed by atoms with Crippen molar-refractivity contribution in [3.63, 3.8) is 0 Å². The molecule has 7 nitrogen and oxygen atoms in total. The number of hydrogen-bond acceptors (Lipinski definition) is 4. The van der Waals surface area contributed by atoms with Crippen LogP contribution in [0.4, 0.5) is 4.79 Å². The Kier molecular flexibility index (Phi) is 4.43. The molecular weight excluding hydrogens is 318 g/mol. The van der Waals surface area contributed by atoms with Crippen LogP contribution in [-0.4, -0.2) is 51.5 Å². The maximum Gasteiger partial charge on any atom is 0.317 e. The summed E-state index contributed by atoms with van der Waals surface area (Å²) in [5.74, 6) is 1.91. The van der Waals surface area contributed by atoms with Crippen LogP contribution in [-0.2, 0) is 24.2 Å². The molecule has 1 aromatic rings. The summed E-state index contributed by atoms with van der Waals surface area (Å²) in [5, 5.41) is 11.5. The highest BCUT2D eigenvalue weighted by atomic mass is 16.5. The molecule has 0 aromatic carbocycles. The summed E-state index contributed by atoms with van der Waals surface area (Å²) in [7, 11) is 1.93. The second-order valence-corrected chi connectivity index (χ2v) is 7.69. The Hall–Kier alpha value is -1.63. The van der Waals surface area contributed by atoms with E-state index in [-0.39, 0.29) is 17.5 Å². The smallest absolute Gasteiger partial charge is 0.317 e. The highest BCUT2D eigenvalue weighted by Crippen LogP contribution is 2.56. The molecule has 3 aliphatic rings. The number of rotatable bonds is 5. The summed E-state index contributed by atoms with van der Waals surface area (Å²) in [5.41, 5.74) is 0.179. The summed E-state index contributed by atoms with van der Waals surface area (Å²) in [4.78, 5) is 14.6. The van der Waals surface area contributed by atoms with Crippen LogP contribution < -0.4 is 5.32 Å². The Morgan fingerprint density at radius 3 is 2.92 bits per heavy atom. The van der Waals surface area contributed by atoms with Crippen LogP contribution in [0.3, 0.4) is 0 Å². The number of aryl methyl sites for hydroxylation is 1. The molecule has 4 rings (SSSR count). The molecule has 1 spiro atoms. The fraction of sp³-hybridized carbons (Fsp3) is 0.833. The minimum absolute atomic E-state index is 0.0124. The Labute approximate surface area is 149 Å². The summed E-state index contributed by atoms with van der Waals surface area (Å²) < 4.78 is 8.10. The number of fused-ring (bicyclic) bond motifs is 1. The lowest BCUT2D eigenvalue weighted by atomic mass is 9.60. The van der Waals surface area contributed by atoms with E-state index in [0.717, 1.165) is 44.1 Å². The van der Waals surface area contributed by atoms with Crippen molar-refractivity contribution >= 4 is 6.03 Å². The van der Waals surface area contributed by atoms with Crippen molar-refractivity contribution in [1.82, 2.24) is 25.0 Å². The van der Waals surface area contributed by atoms with Gasteiger partial charge >= 0.3 is 6.03 Å². The molecule has 1 N–H and O–H groups in total. The molecule has 138 valence electrons. The van der Waals surface area contributed by atoms with Gasteiger partial charge in [-0.3, -0.25) is 0 Å². The zero-order valence-corrected chi connectivity index (χ0v) is 15.3. The summed E-state index contributed by atoms with van der Waals surface area (Å²) in [6.07, 6.45) is 8.25. The first-order chi connectivity index (χ1) is 12.2. The van der Waals surface area contributed by atoms with E-state index in [1.807, 2.05) is 11.9 Å². The van der Waals surface area contributed by atoms with E-state index < -0.39 is 0 Å². The topological polar surface area (TPSA) is 72.3 Å². The van der Waals surface area contributed by atoms with E-state index in [4.69, 9.17) is 4.74 Å². The predicted molar refractivity (Wildman–Crippen MR) is 93.1 cm³/mol. The lowest BCUT2D eigenvalue weighted by molar-refractivity contribution is -0.151.